The second kappa shape index (κ2) is 10.8. The molecular formula is C30H30N6O6S. The molecular weight excluding hydrogens is 572 g/mol. The van der Waals surface area contributed by atoms with Crippen LogP contribution >= 0.6 is 0 Å². The fourth-order valence-corrected chi connectivity index (χ4v) is 8.22. The summed E-state index contributed by atoms with van der Waals surface area (Å²) in [6, 6.07) is 19.9. The normalized spacial score (nSPS) is 22.5. The molecule has 3 heterocycles. The van der Waals surface area contributed by atoms with Gasteiger partial charge in [0.15, 0.2) is 0 Å². The number of nitrogens with zero attached hydrogens (tertiary/aromatic N) is 6. The molecule has 3 aliphatic heterocycles. The van der Waals surface area contributed by atoms with Gasteiger partial charge in [0.25, 0.3) is 10.0 Å². The van der Waals surface area contributed by atoms with Crippen molar-refractivity contribution in [3.8, 4) is 11.5 Å². The Morgan fingerprint density at radius 2 is 1.72 bits per heavy atom. The van der Waals surface area contributed by atoms with Crippen molar-refractivity contribution in [2.75, 3.05) is 38.2 Å². The maximum atomic E-state index is 14.6. The van der Waals surface area contributed by atoms with Gasteiger partial charge in [-0.25, -0.2) is 12.7 Å². The van der Waals surface area contributed by atoms with Gasteiger partial charge in [-0.15, -0.1) is 0 Å². The van der Waals surface area contributed by atoms with Gasteiger partial charge in [0.05, 0.1) is 36.3 Å². The molecule has 0 saturated carbocycles. The molecule has 0 unspecified atom stereocenters. The molecule has 3 aromatic carbocycles. The number of hydrogen-bond acceptors (Lipinski definition) is 7. The monoisotopic (exact) mass is 602 g/mol. The average Bonchev–Trinajstić information content (AvgIpc) is 3.51. The van der Waals surface area contributed by atoms with Crippen LogP contribution in [0.4, 0.5) is 5.69 Å². The summed E-state index contributed by atoms with van der Waals surface area (Å²) in [6.07, 6.45) is -0.261. The van der Waals surface area contributed by atoms with Crippen LogP contribution in [0.15, 0.2) is 82.8 Å². The maximum absolute atomic E-state index is 14.6. The number of amides is 2. The SMILES string of the molecule is COc1ccc([C@]23C[C@H]4C(=O)N(C)CC(=O)N4[C@H]2N(S(=O)(=O)c2ccc(OCCCN=[N+]=[N-])cc2)c2ccccc23)cc1. The van der Waals surface area contributed by atoms with E-state index in [4.69, 9.17) is 15.0 Å². The van der Waals surface area contributed by atoms with Crippen molar-refractivity contribution in [1.29, 1.82) is 0 Å². The zero-order valence-electron chi connectivity index (χ0n) is 23.7. The number of piperazine rings is 1. The number of benzene rings is 3. The van der Waals surface area contributed by atoms with Crippen LogP contribution in [0.3, 0.4) is 0 Å². The highest BCUT2D eigenvalue weighted by molar-refractivity contribution is 7.92. The fourth-order valence-electron chi connectivity index (χ4n) is 6.55. The van der Waals surface area contributed by atoms with E-state index in [1.165, 1.54) is 26.2 Å². The quantitative estimate of drug-likeness (QED) is 0.158. The summed E-state index contributed by atoms with van der Waals surface area (Å²) in [7, 11) is -1.08. The highest BCUT2D eigenvalue weighted by Crippen LogP contribution is 2.59. The van der Waals surface area contributed by atoms with Crippen molar-refractivity contribution in [2.45, 2.75) is 35.4 Å². The largest absolute Gasteiger partial charge is 0.497 e. The zero-order chi connectivity index (χ0) is 30.4. The van der Waals surface area contributed by atoms with Crippen LogP contribution in [0.5, 0.6) is 11.5 Å². The summed E-state index contributed by atoms with van der Waals surface area (Å²) in [5.74, 6) is 0.564. The van der Waals surface area contributed by atoms with Gasteiger partial charge in [0, 0.05) is 18.5 Å². The molecule has 3 atom stereocenters. The van der Waals surface area contributed by atoms with Crippen molar-refractivity contribution in [2.24, 2.45) is 5.11 Å². The molecule has 2 amide bonds. The molecule has 0 bridgehead atoms. The lowest BCUT2D eigenvalue weighted by molar-refractivity contribution is -0.153. The van der Waals surface area contributed by atoms with E-state index in [0.717, 1.165) is 11.1 Å². The van der Waals surface area contributed by atoms with E-state index >= 15 is 0 Å². The van der Waals surface area contributed by atoms with Crippen LogP contribution in [0.25, 0.3) is 10.4 Å². The minimum absolute atomic E-state index is 0.0191. The molecule has 6 rings (SSSR count). The predicted molar refractivity (Wildman–Crippen MR) is 157 cm³/mol. The van der Waals surface area contributed by atoms with Gasteiger partial charge in [-0.2, -0.15) is 0 Å². The van der Waals surface area contributed by atoms with Crippen molar-refractivity contribution in [3.05, 3.63) is 94.4 Å². The smallest absolute Gasteiger partial charge is 0.266 e. The molecule has 222 valence electrons. The van der Waals surface area contributed by atoms with Gasteiger partial charge >= 0.3 is 0 Å². The number of sulfonamides is 1. The number of ether oxygens (including phenoxy) is 2. The zero-order valence-corrected chi connectivity index (χ0v) is 24.5. The molecule has 0 N–H and O–H groups in total. The first-order chi connectivity index (χ1) is 20.7. The molecule has 3 aromatic rings. The van der Waals surface area contributed by atoms with Crippen LogP contribution in [0.1, 0.15) is 24.0 Å². The lowest BCUT2D eigenvalue weighted by Gasteiger charge is -2.41. The van der Waals surface area contributed by atoms with Gasteiger partial charge in [-0.05, 0) is 72.0 Å². The summed E-state index contributed by atoms with van der Waals surface area (Å²) < 4.78 is 41.5. The van der Waals surface area contributed by atoms with Crippen molar-refractivity contribution in [3.63, 3.8) is 0 Å². The third-order valence-corrected chi connectivity index (χ3v) is 10.2. The average molecular weight is 603 g/mol. The number of hydrogen-bond donors (Lipinski definition) is 0. The second-order valence-corrected chi connectivity index (χ2v) is 12.5. The van der Waals surface area contributed by atoms with E-state index in [1.807, 2.05) is 24.3 Å². The Hall–Kier alpha value is -4.74. The first-order valence-electron chi connectivity index (χ1n) is 13.8. The fraction of sp³-hybridized carbons (Fsp3) is 0.333. The van der Waals surface area contributed by atoms with Crippen LogP contribution in [-0.2, 0) is 25.0 Å². The number of likely N-dealkylation sites (N-methyl/N-ethyl adjacent to an activating group) is 1. The number of anilines is 1. The number of methoxy groups -OCH3 is 1. The lowest BCUT2D eigenvalue weighted by atomic mass is 9.72. The van der Waals surface area contributed by atoms with Crippen LogP contribution < -0.4 is 13.8 Å². The molecule has 43 heavy (non-hydrogen) atoms. The molecule has 3 aliphatic rings. The Morgan fingerprint density at radius 3 is 2.42 bits per heavy atom. The summed E-state index contributed by atoms with van der Waals surface area (Å²) in [5, 5.41) is 3.48. The summed E-state index contributed by atoms with van der Waals surface area (Å²) in [5.41, 5.74) is 9.37. The standard InChI is InChI=1S/C30H30N6O6S/c1-34-19-27(37)35-26(28(34)38)18-30(20-8-10-21(41-2)11-9-20)24-6-3-4-7-25(24)36(29(30)35)43(39,40)23-14-12-22(13-15-23)42-17-5-16-32-33-31/h3-4,6-15,26,29H,5,16-19H2,1-2H3/t26-,29-,30-/m0/s1. The number of carbonyl (C=O) groups is 2. The highest BCUT2D eigenvalue weighted by Gasteiger charge is 2.67. The Balaban J connectivity index is 1.46. The van der Waals surface area contributed by atoms with Crippen molar-refractivity contribution >= 4 is 27.5 Å². The second-order valence-electron chi connectivity index (χ2n) is 10.7. The predicted octanol–water partition coefficient (Wildman–Crippen LogP) is 3.67. The van der Waals surface area contributed by atoms with Gasteiger partial charge in [0.2, 0.25) is 11.8 Å². The van der Waals surface area contributed by atoms with Gasteiger partial charge in [-0.1, -0.05) is 35.4 Å². The third kappa shape index (κ3) is 4.43. The van der Waals surface area contributed by atoms with Gasteiger partial charge < -0.3 is 19.3 Å². The minimum atomic E-state index is -4.24. The first-order valence-corrected chi connectivity index (χ1v) is 15.3. The highest BCUT2D eigenvalue weighted by atomic mass is 32.2. The maximum Gasteiger partial charge on any atom is 0.266 e. The van der Waals surface area contributed by atoms with Crippen molar-refractivity contribution < 1.29 is 27.5 Å². The van der Waals surface area contributed by atoms with E-state index in [1.54, 1.807) is 50.6 Å². The summed E-state index contributed by atoms with van der Waals surface area (Å²) >= 11 is 0. The third-order valence-electron chi connectivity index (χ3n) is 8.44. The molecule has 0 radical (unpaired) electrons. The Kier molecular flexibility index (Phi) is 7.15. The van der Waals surface area contributed by atoms with Crippen LogP contribution in [0.2, 0.25) is 0 Å². The summed E-state index contributed by atoms with van der Waals surface area (Å²) in [6.45, 7) is 0.460. The Labute approximate surface area is 249 Å². The molecule has 13 heteroatoms. The Bertz CT molecular complexity index is 1720. The molecule has 2 fully saturated rings. The number of fused-ring (bicyclic) bond motifs is 5. The minimum Gasteiger partial charge on any atom is -0.497 e. The Morgan fingerprint density at radius 1 is 1.02 bits per heavy atom. The number of carbonyl (C=O) groups excluding carboxylic acids is 2. The molecule has 0 spiro atoms. The number of para-hydroxylation sites is 1. The topological polar surface area (TPSA) is 145 Å². The van der Waals surface area contributed by atoms with E-state index in [0.29, 0.717) is 36.8 Å². The van der Waals surface area contributed by atoms with Gasteiger partial charge in [0.1, 0.15) is 23.7 Å². The van der Waals surface area contributed by atoms with E-state index in [9.17, 15) is 18.0 Å². The van der Waals surface area contributed by atoms with E-state index < -0.39 is 27.6 Å². The van der Waals surface area contributed by atoms with E-state index in [2.05, 4.69) is 10.0 Å². The summed E-state index contributed by atoms with van der Waals surface area (Å²) in [4.78, 5) is 32.8. The molecule has 0 aromatic heterocycles. The number of azide groups is 1. The molecule has 2 saturated heterocycles. The lowest BCUT2D eigenvalue weighted by Crippen LogP contribution is -2.62. The molecule has 0 aliphatic carbocycles. The van der Waals surface area contributed by atoms with Crippen LogP contribution in [-0.4, -0.2) is 76.1 Å². The van der Waals surface area contributed by atoms with Crippen LogP contribution in [0, 0.1) is 0 Å². The number of rotatable bonds is 9. The molecule has 12 nitrogen and oxygen atoms in total. The first kappa shape index (κ1) is 28.4. The van der Waals surface area contributed by atoms with E-state index in [-0.39, 0.29) is 29.7 Å². The van der Waals surface area contributed by atoms with Crippen molar-refractivity contribution in [1.82, 2.24) is 9.80 Å². The van der Waals surface area contributed by atoms with Gasteiger partial charge in [-0.3, -0.25) is 9.59 Å².